The van der Waals surface area contributed by atoms with Crippen molar-refractivity contribution in [1.82, 2.24) is 0 Å². The van der Waals surface area contributed by atoms with Gasteiger partial charge in [-0.25, -0.2) is 0 Å². The Hall–Kier alpha value is -0.370. The molecule has 3 aliphatic rings. The lowest BCUT2D eigenvalue weighted by Gasteiger charge is -2.25. The van der Waals surface area contributed by atoms with Crippen LogP contribution in [0.2, 0.25) is 0 Å². The maximum Gasteiger partial charge on any atom is 0.144 e. The van der Waals surface area contributed by atoms with Crippen LogP contribution < -0.4 is 0 Å². The Morgan fingerprint density at radius 1 is 1.00 bits per heavy atom. The predicted octanol–water partition coefficient (Wildman–Crippen LogP) is 1.14. The first kappa shape index (κ1) is 6.18. The van der Waals surface area contributed by atoms with E-state index in [-0.39, 0.29) is 0 Å². The summed E-state index contributed by atoms with van der Waals surface area (Å²) in [5.74, 6) is 1.10. The van der Waals surface area contributed by atoms with E-state index in [9.17, 15) is 4.79 Å². The van der Waals surface area contributed by atoms with Crippen molar-refractivity contribution in [3.8, 4) is 0 Å². The molecule has 1 saturated carbocycles. The molecule has 2 heterocycles. The first-order valence-corrected chi connectivity index (χ1v) is 4.55. The second-order valence-electron chi connectivity index (χ2n) is 3.98. The van der Waals surface area contributed by atoms with Gasteiger partial charge < -0.3 is 4.74 Å². The fourth-order valence-electron chi connectivity index (χ4n) is 2.94. The molecule has 2 aliphatic heterocycles. The Bertz CT molecular complexity index is 192. The fraction of sp³-hybridized carbons (Fsp3) is 0.889. The molecule has 4 atom stereocenters. The zero-order chi connectivity index (χ0) is 7.42. The van der Waals surface area contributed by atoms with E-state index in [0.29, 0.717) is 29.8 Å². The first-order valence-electron chi connectivity index (χ1n) is 4.55. The van der Waals surface area contributed by atoms with Crippen LogP contribution in [0.25, 0.3) is 0 Å². The standard InChI is InChI=1S/C9H12O2/c10-9-5-1-2-6(9)8-4-3-7(5)11-8/h5-8H,1-4H2/t5-,6-,7+,8+/m1/s1. The van der Waals surface area contributed by atoms with Crippen LogP contribution >= 0.6 is 0 Å². The molecule has 0 aromatic heterocycles. The number of ketones is 1. The summed E-state index contributed by atoms with van der Waals surface area (Å²) >= 11 is 0. The third kappa shape index (κ3) is 0.639. The Labute approximate surface area is 65.9 Å². The number of carbonyl (C=O) groups is 1. The van der Waals surface area contributed by atoms with Gasteiger partial charge in [-0.1, -0.05) is 0 Å². The molecule has 0 amide bonds. The largest absolute Gasteiger partial charge is 0.373 e. The van der Waals surface area contributed by atoms with Gasteiger partial charge in [-0.15, -0.1) is 0 Å². The smallest absolute Gasteiger partial charge is 0.144 e. The molecule has 2 nitrogen and oxygen atoms in total. The van der Waals surface area contributed by atoms with Crippen molar-refractivity contribution >= 4 is 5.78 Å². The number of hydrogen-bond acceptors (Lipinski definition) is 2. The topological polar surface area (TPSA) is 26.3 Å². The Morgan fingerprint density at radius 3 is 2.09 bits per heavy atom. The van der Waals surface area contributed by atoms with Crippen LogP contribution in [-0.2, 0) is 9.53 Å². The second kappa shape index (κ2) is 1.86. The van der Waals surface area contributed by atoms with E-state index in [1.165, 1.54) is 0 Å². The highest BCUT2D eigenvalue weighted by atomic mass is 16.5. The summed E-state index contributed by atoms with van der Waals surface area (Å²) in [5, 5.41) is 0. The van der Waals surface area contributed by atoms with Crippen molar-refractivity contribution in [2.45, 2.75) is 37.9 Å². The van der Waals surface area contributed by atoms with Crippen LogP contribution in [0.5, 0.6) is 0 Å². The second-order valence-corrected chi connectivity index (χ2v) is 3.98. The molecule has 0 radical (unpaired) electrons. The molecule has 11 heavy (non-hydrogen) atoms. The highest BCUT2D eigenvalue weighted by Crippen LogP contribution is 2.46. The van der Waals surface area contributed by atoms with Crippen LogP contribution in [0.1, 0.15) is 25.7 Å². The highest BCUT2D eigenvalue weighted by molar-refractivity contribution is 5.87. The number of rotatable bonds is 0. The van der Waals surface area contributed by atoms with Gasteiger partial charge in [0.15, 0.2) is 0 Å². The van der Waals surface area contributed by atoms with E-state index in [4.69, 9.17) is 4.74 Å². The third-order valence-corrected chi connectivity index (χ3v) is 3.50. The van der Waals surface area contributed by atoms with Gasteiger partial charge >= 0.3 is 0 Å². The minimum atomic E-state index is 0.291. The SMILES string of the molecule is O=C1[C@@H]2CC[C@@H]1[C@@H]1CC[C@@H]2O1. The highest BCUT2D eigenvalue weighted by Gasteiger charge is 2.52. The number of Topliss-reactive ketones (excluding diaryl/α,β-unsaturated/α-hetero) is 1. The summed E-state index contributed by atoms with van der Waals surface area (Å²) in [6.45, 7) is 0. The molecular formula is C9H12O2. The molecule has 0 aromatic rings. The van der Waals surface area contributed by atoms with Crippen molar-refractivity contribution in [3.63, 3.8) is 0 Å². The van der Waals surface area contributed by atoms with E-state index in [1.807, 2.05) is 0 Å². The minimum absolute atomic E-state index is 0.291. The Kier molecular flexibility index (Phi) is 1.05. The van der Waals surface area contributed by atoms with E-state index >= 15 is 0 Å². The van der Waals surface area contributed by atoms with Gasteiger partial charge in [0, 0.05) is 11.8 Å². The van der Waals surface area contributed by atoms with E-state index in [0.717, 1.165) is 25.7 Å². The van der Waals surface area contributed by atoms with Crippen LogP contribution in [0, 0.1) is 11.8 Å². The molecule has 2 saturated heterocycles. The van der Waals surface area contributed by atoms with E-state index in [1.54, 1.807) is 0 Å². The summed E-state index contributed by atoms with van der Waals surface area (Å²) in [4.78, 5) is 11.6. The molecular weight excluding hydrogens is 140 g/mol. The van der Waals surface area contributed by atoms with Gasteiger partial charge in [-0.05, 0) is 25.7 Å². The van der Waals surface area contributed by atoms with Crippen molar-refractivity contribution in [2.75, 3.05) is 0 Å². The summed E-state index contributed by atoms with van der Waals surface area (Å²) in [7, 11) is 0. The molecule has 1 aliphatic carbocycles. The van der Waals surface area contributed by atoms with Crippen LogP contribution in [0.15, 0.2) is 0 Å². The van der Waals surface area contributed by atoms with Gasteiger partial charge in [-0.3, -0.25) is 4.79 Å². The minimum Gasteiger partial charge on any atom is -0.373 e. The quantitative estimate of drug-likeness (QED) is 0.520. The Balaban J connectivity index is 2.03. The number of fused-ring (bicyclic) bond motifs is 6. The molecule has 60 valence electrons. The third-order valence-electron chi connectivity index (χ3n) is 3.50. The molecule has 3 rings (SSSR count). The van der Waals surface area contributed by atoms with Gasteiger partial charge in [0.25, 0.3) is 0 Å². The lowest BCUT2D eigenvalue weighted by molar-refractivity contribution is -0.140. The summed E-state index contributed by atoms with van der Waals surface area (Å²) < 4.78 is 5.73. The lowest BCUT2D eigenvalue weighted by atomic mass is 9.96. The van der Waals surface area contributed by atoms with Crippen LogP contribution in [-0.4, -0.2) is 18.0 Å². The number of hydrogen-bond donors (Lipinski definition) is 0. The van der Waals surface area contributed by atoms with E-state index in [2.05, 4.69) is 0 Å². The van der Waals surface area contributed by atoms with Crippen molar-refractivity contribution in [3.05, 3.63) is 0 Å². The summed E-state index contributed by atoms with van der Waals surface area (Å²) in [6, 6.07) is 0. The van der Waals surface area contributed by atoms with Crippen molar-refractivity contribution < 1.29 is 9.53 Å². The molecule has 0 unspecified atom stereocenters. The predicted molar refractivity (Wildman–Crippen MR) is 39.1 cm³/mol. The van der Waals surface area contributed by atoms with Crippen molar-refractivity contribution in [1.29, 1.82) is 0 Å². The van der Waals surface area contributed by atoms with Crippen molar-refractivity contribution in [2.24, 2.45) is 11.8 Å². The molecule has 0 N–H and O–H groups in total. The molecule has 0 spiro atoms. The number of carbonyl (C=O) groups excluding carboxylic acids is 1. The maximum atomic E-state index is 11.6. The fourth-order valence-corrected chi connectivity index (χ4v) is 2.94. The first-order chi connectivity index (χ1) is 5.36. The normalized spacial score (nSPS) is 53.6. The average Bonchev–Trinajstić information content (AvgIpc) is 2.42. The molecule has 4 bridgehead atoms. The molecule has 2 heteroatoms. The summed E-state index contributed by atoms with van der Waals surface area (Å²) in [5.41, 5.74) is 0. The maximum absolute atomic E-state index is 11.6. The Morgan fingerprint density at radius 2 is 1.55 bits per heavy atom. The monoisotopic (exact) mass is 152 g/mol. The lowest BCUT2D eigenvalue weighted by Crippen LogP contribution is -2.36. The van der Waals surface area contributed by atoms with Gasteiger partial charge in [-0.2, -0.15) is 0 Å². The zero-order valence-electron chi connectivity index (χ0n) is 6.45. The molecule has 3 fully saturated rings. The number of ether oxygens (including phenoxy) is 1. The zero-order valence-corrected chi connectivity index (χ0v) is 6.45. The molecule has 0 aromatic carbocycles. The summed E-state index contributed by atoms with van der Waals surface area (Å²) in [6.07, 6.45) is 5.10. The average molecular weight is 152 g/mol. The van der Waals surface area contributed by atoms with Gasteiger partial charge in [0.1, 0.15) is 5.78 Å². The van der Waals surface area contributed by atoms with Crippen LogP contribution in [0.4, 0.5) is 0 Å². The van der Waals surface area contributed by atoms with Gasteiger partial charge in [0.05, 0.1) is 12.2 Å². The van der Waals surface area contributed by atoms with E-state index < -0.39 is 0 Å². The van der Waals surface area contributed by atoms with Gasteiger partial charge in [0.2, 0.25) is 0 Å². The van der Waals surface area contributed by atoms with Crippen LogP contribution in [0.3, 0.4) is 0 Å².